The topological polar surface area (TPSA) is 29.9 Å². The molecule has 114 valence electrons. The standard InChI is InChI=1S/C17H31N3/c1-8-18-14(15-16(4,5)17(15,6)7)11-13-9-10-20(19-13)12(2)3/h9-10,12,14-15,18H,8,11H2,1-7H3. The monoisotopic (exact) mass is 277 g/mol. The zero-order chi connectivity index (χ0) is 15.1. The molecule has 0 radical (unpaired) electrons. The number of hydrogen-bond donors (Lipinski definition) is 1. The van der Waals surface area contributed by atoms with Gasteiger partial charge in [-0.3, -0.25) is 4.68 Å². The summed E-state index contributed by atoms with van der Waals surface area (Å²) in [6.07, 6.45) is 3.14. The molecule has 1 N–H and O–H groups in total. The van der Waals surface area contributed by atoms with Crippen molar-refractivity contribution in [2.24, 2.45) is 16.7 Å². The summed E-state index contributed by atoms with van der Waals surface area (Å²) in [6.45, 7) is 17.2. The summed E-state index contributed by atoms with van der Waals surface area (Å²) in [6, 6.07) is 3.14. The zero-order valence-corrected chi connectivity index (χ0v) is 14.2. The van der Waals surface area contributed by atoms with Crippen LogP contribution in [0, 0.1) is 16.7 Å². The second-order valence-electron chi connectivity index (χ2n) is 7.67. The van der Waals surface area contributed by atoms with Crippen molar-refractivity contribution in [1.82, 2.24) is 15.1 Å². The third kappa shape index (κ3) is 2.52. The Hall–Kier alpha value is -0.830. The number of aromatic nitrogens is 2. The van der Waals surface area contributed by atoms with Crippen LogP contribution >= 0.6 is 0 Å². The van der Waals surface area contributed by atoms with Crippen LogP contribution in [0.2, 0.25) is 0 Å². The summed E-state index contributed by atoms with van der Waals surface area (Å²) < 4.78 is 2.06. The Morgan fingerprint density at radius 2 is 1.85 bits per heavy atom. The molecule has 0 aliphatic heterocycles. The van der Waals surface area contributed by atoms with E-state index in [9.17, 15) is 0 Å². The molecule has 0 bridgehead atoms. The first-order valence-corrected chi connectivity index (χ1v) is 7.99. The fraction of sp³-hybridized carbons (Fsp3) is 0.824. The average Bonchev–Trinajstić information content (AvgIpc) is 2.69. The molecule has 0 amide bonds. The molecule has 1 saturated carbocycles. The van der Waals surface area contributed by atoms with Gasteiger partial charge in [0.2, 0.25) is 0 Å². The Bertz CT molecular complexity index is 443. The molecule has 3 nitrogen and oxygen atoms in total. The van der Waals surface area contributed by atoms with Gasteiger partial charge in [0, 0.05) is 24.7 Å². The molecule has 1 aromatic heterocycles. The Kier molecular flexibility index (Phi) is 4.03. The molecule has 1 aliphatic carbocycles. The Labute approximate surface area is 124 Å². The van der Waals surface area contributed by atoms with Crippen LogP contribution in [0.15, 0.2) is 12.3 Å². The van der Waals surface area contributed by atoms with E-state index in [1.165, 1.54) is 5.69 Å². The van der Waals surface area contributed by atoms with Crippen molar-refractivity contribution in [3.63, 3.8) is 0 Å². The fourth-order valence-corrected chi connectivity index (χ4v) is 3.82. The van der Waals surface area contributed by atoms with E-state index in [0.29, 0.717) is 22.9 Å². The predicted molar refractivity (Wildman–Crippen MR) is 84.8 cm³/mol. The maximum Gasteiger partial charge on any atom is 0.0640 e. The van der Waals surface area contributed by atoms with Gasteiger partial charge in [-0.25, -0.2) is 0 Å². The van der Waals surface area contributed by atoms with Gasteiger partial charge in [0.25, 0.3) is 0 Å². The average molecular weight is 277 g/mol. The van der Waals surface area contributed by atoms with Crippen LogP contribution in [-0.2, 0) is 6.42 Å². The second kappa shape index (κ2) is 5.18. The van der Waals surface area contributed by atoms with Crippen LogP contribution in [0.3, 0.4) is 0 Å². The smallest absolute Gasteiger partial charge is 0.0640 e. The minimum absolute atomic E-state index is 0.417. The number of nitrogens with one attached hydrogen (secondary N) is 1. The molecule has 0 aromatic carbocycles. The fourth-order valence-electron chi connectivity index (χ4n) is 3.82. The first kappa shape index (κ1) is 15.6. The van der Waals surface area contributed by atoms with Gasteiger partial charge in [0.05, 0.1) is 5.69 Å². The van der Waals surface area contributed by atoms with Crippen LogP contribution < -0.4 is 5.32 Å². The van der Waals surface area contributed by atoms with E-state index in [1.807, 2.05) is 0 Å². The SMILES string of the molecule is CCNC(Cc1ccn(C(C)C)n1)C1C(C)(C)C1(C)C. The molecular formula is C17H31N3. The molecule has 1 fully saturated rings. The third-order valence-corrected chi connectivity index (χ3v) is 5.62. The maximum atomic E-state index is 4.71. The van der Waals surface area contributed by atoms with Gasteiger partial charge in [-0.1, -0.05) is 34.6 Å². The highest BCUT2D eigenvalue weighted by Gasteiger charge is 2.66. The lowest BCUT2D eigenvalue weighted by Crippen LogP contribution is -2.35. The Balaban J connectivity index is 2.10. The summed E-state index contributed by atoms with van der Waals surface area (Å²) in [5.41, 5.74) is 2.05. The van der Waals surface area contributed by atoms with E-state index < -0.39 is 0 Å². The molecule has 20 heavy (non-hydrogen) atoms. The largest absolute Gasteiger partial charge is 0.314 e. The molecule has 1 unspecified atom stereocenters. The van der Waals surface area contributed by atoms with Crippen LogP contribution in [0.5, 0.6) is 0 Å². The quantitative estimate of drug-likeness (QED) is 0.860. The van der Waals surface area contributed by atoms with Crippen molar-refractivity contribution in [3.8, 4) is 0 Å². The summed E-state index contributed by atoms with van der Waals surface area (Å²) in [5.74, 6) is 0.721. The molecule has 2 rings (SSSR count). The molecule has 1 heterocycles. The van der Waals surface area contributed by atoms with Crippen molar-refractivity contribution in [3.05, 3.63) is 18.0 Å². The zero-order valence-electron chi connectivity index (χ0n) is 14.2. The lowest BCUT2D eigenvalue weighted by Gasteiger charge is -2.19. The van der Waals surface area contributed by atoms with Crippen molar-refractivity contribution >= 4 is 0 Å². The highest BCUT2D eigenvalue weighted by atomic mass is 15.3. The first-order valence-electron chi connectivity index (χ1n) is 7.99. The van der Waals surface area contributed by atoms with Gasteiger partial charge >= 0.3 is 0 Å². The van der Waals surface area contributed by atoms with Gasteiger partial charge in [-0.2, -0.15) is 5.10 Å². The van der Waals surface area contributed by atoms with Gasteiger partial charge < -0.3 is 5.32 Å². The molecule has 1 aromatic rings. The van der Waals surface area contributed by atoms with Gasteiger partial charge in [0.15, 0.2) is 0 Å². The molecule has 3 heteroatoms. The number of hydrogen-bond acceptors (Lipinski definition) is 2. The second-order valence-corrected chi connectivity index (χ2v) is 7.67. The lowest BCUT2D eigenvalue weighted by molar-refractivity contribution is 0.397. The van der Waals surface area contributed by atoms with E-state index in [-0.39, 0.29) is 0 Å². The summed E-state index contributed by atoms with van der Waals surface area (Å²) in [7, 11) is 0. The van der Waals surface area contributed by atoms with E-state index in [2.05, 4.69) is 70.7 Å². The minimum Gasteiger partial charge on any atom is -0.314 e. The van der Waals surface area contributed by atoms with Crippen LogP contribution in [0.25, 0.3) is 0 Å². The van der Waals surface area contributed by atoms with Crippen molar-refractivity contribution in [2.45, 2.75) is 67.0 Å². The number of likely N-dealkylation sites (N-methyl/N-ethyl adjacent to an activating group) is 1. The highest BCUT2D eigenvalue weighted by molar-refractivity contribution is 5.18. The summed E-state index contributed by atoms with van der Waals surface area (Å²) in [5, 5.41) is 8.41. The number of rotatable bonds is 6. The maximum absolute atomic E-state index is 4.71. The molecule has 1 aliphatic rings. The van der Waals surface area contributed by atoms with Crippen molar-refractivity contribution in [2.75, 3.05) is 6.54 Å². The lowest BCUT2D eigenvalue weighted by atomic mass is 9.99. The first-order chi connectivity index (χ1) is 9.21. The normalized spacial score (nSPS) is 22.2. The predicted octanol–water partition coefficient (Wildman–Crippen LogP) is 3.67. The molecule has 0 spiro atoms. The number of nitrogens with zero attached hydrogens (tertiary/aromatic N) is 2. The molecule has 1 atom stereocenters. The van der Waals surface area contributed by atoms with E-state index >= 15 is 0 Å². The van der Waals surface area contributed by atoms with Crippen molar-refractivity contribution < 1.29 is 0 Å². The van der Waals surface area contributed by atoms with E-state index in [0.717, 1.165) is 18.9 Å². The minimum atomic E-state index is 0.417. The van der Waals surface area contributed by atoms with Crippen LogP contribution in [-0.4, -0.2) is 22.4 Å². The van der Waals surface area contributed by atoms with Crippen LogP contribution in [0.1, 0.15) is 60.2 Å². The van der Waals surface area contributed by atoms with Gasteiger partial charge in [-0.15, -0.1) is 0 Å². The molecular weight excluding hydrogens is 246 g/mol. The van der Waals surface area contributed by atoms with Gasteiger partial charge in [0.1, 0.15) is 0 Å². The van der Waals surface area contributed by atoms with Crippen molar-refractivity contribution in [1.29, 1.82) is 0 Å². The third-order valence-electron chi connectivity index (χ3n) is 5.62. The Morgan fingerprint density at radius 3 is 2.25 bits per heavy atom. The van der Waals surface area contributed by atoms with E-state index in [1.54, 1.807) is 0 Å². The van der Waals surface area contributed by atoms with E-state index in [4.69, 9.17) is 5.10 Å². The summed E-state index contributed by atoms with van der Waals surface area (Å²) >= 11 is 0. The Morgan fingerprint density at radius 1 is 1.25 bits per heavy atom. The summed E-state index contributed by atoms with van der Waals surface area (Å²) in [4.78, 5) is 0. The van der Waals surface area contributed by atoms with Gasteiger partial charge in [-0.05, 0) is 43.2 Å². The highest BCUT2D eigenvalue weighted by Crippen LogP contribution is 2.69. The molecule has 0 saturated heterocycles. The van der Waals surface area contributed by atoms with Crippen LogP contribution in [0.4, 0.5) is 0 Å².